The van der Waals surface area contributed by atoms with Crippen molar-refractivity contribution in [2.75, 3.05) is 17.7 Å². The normalized spacial score (nSPS) is 17.5. The predicted octanol–water partition coefficient (Wildman–Crippen LogP) is 2.11. The van der Waals surface area contributed by atoms with Gasteiger partial charge in [0.2, 0.25) is 11.9 Å². The van der Waals surface area contributed by atoms with Crippen molar-refractivity contribution in [3.63, 3.8) is 0 Å². The highest BCUT2D eigenvalue weighted by molar-refractivity contribution is 5.96. The minimum Gasteiger partial charge on any atom is -0.366 e. The van der Waals surface area contributed by atoms with Crippen molar-refractivity contribution in [3.05, 3.63) is 45.8 Å². The number of piperidine rings is 1. The van der Waals surface area contributed by atoms with Gasteiger partial charge in [0, 0.05) is 35.4 Å². The summed E-state index contributed by atoms with van der Waals surface area (Å²) in [6.07, 6.45) is 2.69. The largest absolute Gasteiger partial charge is 0.368 e. The first-order valence-corrected chi connectivity index (χ1v) is 11.9. The van der Waals surface area contributed by atoms with Crippen LogP contribution in [0.4, 0.5) is 21.8 Å². The smallest absolute Gasteiger partial charge is 0.366 e. The minimum atomic E-state index is -0.686. The van der Waals surface area contributed by atoms with E-state index in [9.17, 15) is 14.0 Å². The average Bonchev–Trinajstić information content (AvgIpc) is 3.13. The van der Waals surface area contributed by atoms with E-state index in [2.05, 4.69) is 70.7 Å². The zero-order chi connectivity index (χ0) is 27.3. The molecule has 1 aliphatic rings. The highest BCUT2D eigenvalue weighted by atomic mass is 19.1. The Balaban J connectivity index is 1.66. The molecule has 0 saturated carbocycles. The summed E-state index contributed by atoms with van der Waals surface area (Å²) in [7, 11) is 3.57. The summed E-state index contributed by atoms with van der Waals surface area (Å²) in [5, 5.41) is 13.8. The summed E-state index contributed by atoms with van der Waals surface area (Å²) in [4.78, 5) is 35.3. The second-order valence-corrected chi connectivity index (χ2v) is 10.8. The van der Waals surface area contributed by atoms with Crippen LogP contribution in [0.2, 0.25) is 0 Å². The topological polar surface area (TPSA) is 149 Å². The molecule has 1 aromatic carbocycles. The summed E-state index contributed by atoms with van der Waals surface area (Å²) in [6, 6.07) is 3.11. The zero-order valence-corrected chi connectivity index (χ0v) is 22.1. The molecular formula is C24H33FN10O2. The van der Waals surface area contributed by atoms with Crippen LogP contribution >= 0.6 is 0 Å². The number of hydrogen-bond acceptors (Lipinski definition) is 9. The van der Waals surface area contributed by atoms with Gasteiger partial charge in [0.25, 0.3) is 0 Å². The van der Waals surface area contributed by atoms with Gasteiger partial charge < -0.3 is 16.4 Å². The summed E-state index contributed by atoms with van der Waals surface area (Å²) in [5.74, 6) is -1.08. The maximum Gasteiger partial charge on any atom is 0.368 e. The van der Waals surface area contributed by atoms with Crippen molar-refractivity contribution >= 4 is 23.4 Å². The number of aromatic nitrogens is 6. The maximum absolute atomic E-state index is 14.7. The van der Waals surface area contributed by atoms with Crippen molar-refractivity contribution in [3.8, 4) is 5.69 Å². The molecule has 1 amide bonds. The quantitative estimate of drug-likeness (QED) is 0.451. The van der Waals surface area contributed by atoms with Crippen LogP contribution in [0.5, 0.6) is 0 Å². The van der Waals surface area contributed by atoms with Gasteiger partial charge >= 0.3 is 5.69 Å². The lowest BCUT2D eigenvalue weighted by atomic mass is 9.77. The van der Waals surface area contributed by atoms with Gasteiger partial charge in [0.1, 0.15) is 0 Å². The third kappa shape index (κ3) is 5.03. The van der Waals surface area contributed by atoms with Crippen molar-refractivity contribution in [1.82, 2.24) is 34.7 Å². The molecule has 0 atom stereocenters. The molecule has 0 spiro atoms. The minimum absolute atomic E-state index is 0.00516. The highest BCUT2D eigenvalue weighted by Crippen LogP contribution is 2.38. The Kier molecular flexibility index (Phi) is 6.52. The average molecular weight is 513 g/mol. The molecule has 3 aromatic rings. The van der Waals surface area contributed by atoms with Gasteiger partial charge in [0.15, 0.2) is 11.6 Å². The van der Waals surface area contributed by atoms with E-state index in [1.165, 1.54) is 13.1 Å². The van der Waals surface area contributed by atoms with Crippen molar-refractivity contribution < 1.29 is 9.18 Å². The maximum atomic E-state index is 14.7. The van der Waals surface area contributed by atoms with E-state index in [1.807, 2.05) is 0 Å². The van der Waals surface area contributed by atoms with Gasteiger partial charge in [-0.05, 0) is 82.6 Å². The number of aryl methyl sites for hydroxylation is 1. The number of primary amides is 1. The molecule has 0 unspecified atom stereocenters. The van der Waals surface area contributed by atoms with Crippen LogP contribution < -0.4 is 22.1 Å². The highest BCUT2D eigenvalue weighted by Gasteiger charge is 2.43. The van der Waals surface area contributed by atoms with E-state index in [-0.39, 0.29) is 34.4 Å². The standard InChI is InChI=1S/C24H33FN10O2/c1-13-16(19(26)36)8-14(9-18(13)35-22(37)33(6)31-32-35)29-21-27-12-17(25)20(30-21)28-15-10-23(2,3)34(7)24(4,5)11-15/h8-9,12,15H,10-11H2,1-7H3,(H2,26,36)(H2,27,28,29,30). The molecule has 1 fully saturated rings. The molecule has 198 valence electrons. The predicted molar refractivity (Wildman–Crippen MR) is 138 cm³/mol. The number of likely N-dealkylation sites (tertiary alicyclic amines) is 1. The molecule has 0 bridgehead atoms. The first kappa shape index (κ1) is 26.2. The zero-order valence-electron chi connectivity index (χ0n) is 22.1. The van der Waals surface area contributed by atoms with E-state index in [4.69, 9.17) is 5.73 Å². The monoisotopic (exact) mass is 512 g/mol. The van der Waals surface area contributed by atoms with Gasteiger partial charge in [0.05, 0.1) is 11.9 Å². The molecule has 4 N–H and O–H groups in total. The van der Waals surface area contributed by atoms with Crippen molar-refractivity contribution in [1.29, 1.82) is 0 Å². The molecule has 13 heteroatoms. The van der Waals surface area contributed by atoms with Crippen LogP contribution in [-0.4, -0.2) is 64.7 Å². The number of carbonyl (C=O) groups is 1. The Morgan fingerprint density at radius 3 is 2.35 bits per heavy atom. The lowest BCUT2D eigenvalue weighted by Gasteiger charge is -2.53. The van der Waals surface area contributed by atoms with Crippen LogP contribution in [-0.2, 0) is 7.05 Å². The summed E-state index contributed by atoms with van der Waals surface area (Å²) in [5.41, 5.74) is 6.21. The SMILES string of the molecule is Cc1c(C(N)=O)cc(Nc2ncc(F)c(NC3CC(C)(C)N(C)C(C)(C)C3)n2)cc1-n1nnn(C)c1=O. The Hall–Kier alpha value is -3.87. The van der Waals surface area contributed by atoms with E-state index >= 15 is 0 Å². The summed E-state index contributed by atoms with van der Waals surface area (Å²) >= 11 is 0. The summed E-state index contributed by atoms with van der Waals surface area (Å²) in [6.45, 7) is 10.3. The molecule has 4 rings (SSSR count). The van der Waals surface area contributed by atoms with Gasteiger partial charge in [-0.15, -0.1) is 0 Å². The Morgan fingerprint density at radius 1 is 1.14 bits per heavy atom. The van der Waals surface area contributed by atoms with E-state index in [0.29, 0.717) is 16.9 Å². The number of nitrogens with zero attached hydrogens (tertiary/aromatic N) is 7. The van der Waals surface area contributed by atoms with Gasteiger partial charge in [-0.3, -0.25) is 9.69 Å². The fourth-order valence-corrected chi connectivity index (χ4v) is 5.04. The first-order chi connectivity index (χ1) is 17.2. The fourth-order valence-electron chi connectivity index (χ4n) is 5.04. The lowest BCUT2D eigenvalue weighted by Crippen LogP contribution is -2.61. The Bertz CT molecular complexity index is 1390. The number of benzene rings is 1. The van der Waals surface area contributed by atoms with Crippen molar-refractivity contribution in [2.45, 2.75) is 64.6 Å². The number of amides is 1. The van der Waals surface area contributed by atoms with Crippen LogP contribution in [0.3, 0.4) is 0 Å². The van der Waals surface area contributed by atoms with Gasteiger partial charge in [-0.2, -0.15) is 14.3 Å². The van der Waals surface area contributed by atoms with E-state index in [1.54, 1.807) is 13.0 Å². The van der Waals surface area contributed by atoms with Gasteiger partial charge in [-0.1, -0.05) is 0 Å². The number of anilines is 3. The Morgan fingerprint density at radius 2 is 1.78 bits per heavy atom. The van der Waals surface area contributed by atoms with Crippen LogP contribution in [0.1, 0.15) is 56.5 Å². The fraction of sp³-hybridized carbons (Fsp3) is 0.500. The molecule has 12 nitrogen and oxygen atoms in total. The summed E-state index contributed by atoms with van der Waals surface area (Å²) < 4.78 is 16.9. The third-order valence-electron chi connectivity index (χ3n) is 7.24. The number of nitrogens with one attached hydrogen (secondary N) is 2. The molecule has 37 heavy (non-hydrogen) atoms. The molecule has 0 aliphatic carbocycles. The third-order valence-corrected chi connectivity index (χ3v) is 7.24. The van der Waals surface area contributed by atoms with Crippen LogP contribution in [0.25, 0.3) is 5.69 Å². The number of halogens is 1. The van der Waals surface area contributed by atoms with Crippen LogP contribution in [0, 0.1) is 12.7 Å². The Labute approximate surface area is 214 Å². The lowest BCUT2D eigenvalue weighted by molar-refractivity contribution is -0.00778. The number of carbonyl (C=O) groups excluding carboxylic acids is 1. The second kappa shape index (κ2) is 9.21. The molecule has 2 aromatic heterocycles. The number of hydrogen-bond donors (Lipinski definition) is 3. The molecule has 1 aliphatic heterocycles. The van der Waals surface area contributed by atoms with Crippen molar-refractivity contribution in [2.24, 2.45) is 12.8 Å². The molecule has 1 saturated heterocycles. The number of nitrogens with two attached hydrogens (primary N) is 1. The molecule has 0 radical (unpaired) electrons. The number of tetrazole rings is 1. The molecule has 3 heterocycles. The molecular weight excluding hydrogens is 479 g/mol. The van der Waals surface area contributed by atoms with E-state index < -0.39 is 17.4 Å². The van der Waals surface area contributed by atoms with Gasteiger partial charge in [-0.25, -0.2) is 14.2 Å². The van der Waals surface area contributed by atoms with Crippen LogP contribution in [0.15, 0.2) is 23.1 Å². The second-order valence-electron chi connectivity index (χ2n) is 10.8. The van der Waals surface area contributed by atoms with E-state index in [0.717, 1.165) is 28.4 Å². The first-order valence-electron chi connectivity index (χ1n) is 11.9. The number of rotatable bonds is 6.